The van der Waals surface area contributed by atoms with E-state index in [4.69, 9.17) is 14.6 Å². The van der Waals surface area contributed by atoms with Crippen LogP contribution in [0.5, 0.6) is 28.7 Å². The summed E-state index contributed by atoms with van der Waals surface area (Å²) in [5, 5.41) is 27.8. The third kappa shape index (κ3) is 9.82. The minimum atomic E-state index is -1.11. The van der Waals surface area contributed by atoms with E-state index in [1.165, 1.54) is 57.6 Å². The van der Waals surface area contributed by atoms with Crippen molar-refractivity contribution in [2.75, 3.05) is 14.2 Å². The first-order valence-corrected chi connectivity index (χ1v) is 11.7. The quantitative estimate of drug-likeness (QED) is 0.141. The predicted molar refractivity (Wildman–Crippen MR) is 147 cm³/mol. The van der Waals surface area contributed by atoms with E-state index >= 15 is 0 Å². The molecule has 208 valence electrons. The van der Waals surface area contributed by atoms with Crippen molar-refractivity contribution < 1.29 is 48.7 Å². The molecule has 0 bridgehead atoms. The van der Waals surface area contributed by atoms with Gasteiger partial charge in [-0.05, 0) is 59.7 Å². The number of benzene rings is 3. The first-order chi connectivity index (χ1) is 19.0. The zero-order chi connectivity index (χ0) is 29.7. The van der Waals surface area contributed by atoms with Gasteiger partial charge in [0.05, 0.1) is 20.6 Å². The summed E-state index contributed by atoms with van der Waals surface area (Å²) in [5.74, 6) is -1.66. The van der Waals surface area contributed by atoms with Crippen LogP contribution in [0.15, 0.2) is 72.8 Å². The molecule has 0 saturated heterocycles. The highest BCUT2D eigenvalue weighted by Gasteiger charge is 2.11. The Kier molecular flexibility index (Phi) is 11.7. The Hall–Kier alpha value is -5.38. The van der Waals surface area contributed by atoms with Gasteiger partial charge in [0.2, 0.25) is 0 Å². The van der Waals surface area contributed by atoms with Crippen LogP contribution >= 0.6 is 0 Å². The second kappa shape index (κ2) is 15.1. The predicted octanol–water partition coefficient (Wildman–Crippen LogP) is 4.68. The molecular formula is C30H28O10. The second-order valence-corrected chi connectivity index (χ2v) is 8.03. The lowest BCUT2D eigenvalue weighted by molar-refractivity contribution is -0.132. The zero-order valence-corrected chi connectivity index (χ0v) is 22.0. The number of ketones is 2. The van der Waals surface area contributed by atoms with Gasteiger partial charge in [0, 0.05) is 6.92 Å². The molecule has 0 radical (unpaired) electrons. The van der Waals surface area contributed by atoms with Gasteiger partial charge in [-0.2, -0.15) is 0 Å². The third-order valence-electron chi connectivity index (χ3n) is 5.05. The Morgan fingerprint density at radius 2 is 1.20 bits per heavy atom. The Labute approximate surface area is 230 Å². The van der Waals surface area contributed by atoms with Crippen LogP contribution in [0, 0.1) is 0 Å². The lowest BCUT2D eigenvalue weighted by atomic mass is 10.1. The molecule has 10 heteroatoms. The molecule has 0 aliphatic carbocycles. The molecule has 0 aromatic heterocycles. The fraction of sp³-hybridized carbons (Fsp3) is 0.133. The highest BCUT2D eigenvalue weighted by atomic mass is 16.5. The topological polar surface area (TPSA) is 157 Å². The summed E-state index contributed by atoms with van der Waals surface area (Å²) in [6.07, 6.45) is 5.44. The molecule has 40 heavy (non-hydrogen) atoms. The number of rotatable bonds is 10. The van der Waals surface area contributed by atoms with Gasteiger partial charge in [-0.25, -0.2) is 4.79 Å². The molecule has 0 atom stereocenters. The Balaban J connectivity index is 0.000000360. The summed E-state index contributed by atoms with van der Waals surface area (Å²) in [5.41, 5.74) is 1.31. The number of hydrogen-bond acceptors (Lipinski definition) is 9. The van der Waals surface area contributed by atoms with Crippen molar-refractivity contribution in [3.8, 4) is 28.7 Å². The summed E-state index contributed by atoms with van der Waals surface area (Å²) in [4.78, 5) is 45.0. The number of para-hydroxylation sites is 1. The average molecular weight is 549 g/mol. The van der Waals surface area contributed by atoms with Crippen molar-refractivity contribution >= 4 is 35.7 Å². The Morgan fingerprint density at radius 1 is 0.725 bits per heavy atom. The Bertz CT molecular complexity index is 1360. The molecular weight excluding hydrogens is 520 g/mol. The Morgan fingerprint density at radius 3 is 1.62 bits per heavy atom. The number of carboxylic acids is 1. The maximum atomic E-state index is 11.9. The number of aromatic carboxylic acids is 1. The van der Waals surface area contributed by atoms with Gasteiger partial charge >= 0.3 is 11.9 Å². The van der Waals surface area contributed by atoms with E-state index in [0.29, 0.717) is 22.6 Å². The summed E-state index contributed by atoms with van der Waals surface area (Å²) in [6.45, 7) is 1.22. The summed E-state index contributed by atoms with van der Waals surface area (Å²) in [7, 11) is 2.87. The SMILES string of the molecule is CC(=O)Oc1ccccc1C(=O)O.COc1cc(/C=C/C(=O)CC(=O)/C=C/c2ccc(O)c(OC)c2)ccc1O. The van der Waals surface area contributed by atoms with Crippen molar-refractivity contribution in [3.05, 3.63) is 89.5 Å². The highest BCUT2D eigenvalue weighted by molar-refractivity contribution is 6.10. The molecule has 0 aliphatic heterocycles. The number of hydrogen-bond donors (Lipinski definition) is 3. The number of phenols is 2. The number of carboxylic acid groups (broad SMARTS) is 1. The largest absolute Gasteiger partial charge is 0.504 e. The number of aromatic hydroxyl groups is 2. The van der Waals surface area contributed by atoms with Gasteiger partial charge in [0.15, 0.2) is 34.6 Å². The van der Waals surface area contributed by atoms with E-state index in [1.807, 2.05) is 0 Å². The van der Waals surface area contributed by atoms with Crippen LogP contribution in [-0.4, -0.2) is 53.0 Å². The third-order valence-corrected chi connectivity index (χ3v) is 5.05. The van der Waals surface area contributed by atoms with Gasteiger partial charge in [-0.1, -0.05) is 36.4 Å². The number of allylic oxidation sites excluding steroid dienone is 2. The number of phenolic OH excluding ortho intramolecular Hbond substituents is 2. The van der Waals surface area contributed by atoms with Crippen LogP contribution in [0.4, 0.5) is 0 Å². The number of carbonyl (C=O) groups excluding carboxylic acids is 3. The molecule has 0 heterocycles. The molecule has 0 amide bonds. The van der Waals surface area contributed by atoms with E-state index in [1.54, 1.807) is 48.6 Å². The van der Waals surface area contributed by atoms with Crippen molar-refractivity contribution in [1.29, 1.82) is 0 Å². The van der Waals surface area contributed by atoms with Crippen LogP contribution < -0.4 is 14.2 Å². The van der Waals surface area contributed by atoms with E-state index in [9.17, 15) is 29.4 Å². The van der Waals surface area contributed by atoms with Gasteiger partial charge in [-0.3, -0.25) is 14.4 Å². The zero-order valence-electron chi connectivity index (χ0n) is 22.0. The number of methoxy groups -OCH3 is 2. The van der Waals surface area contributed by atoms with Crippen LogP contribution in [0.1, 0.15) is 34.8 Å². The monoisotopic (exact) mass is 548 g/mol. The van der Waals surface area contributed by atoms with Crippen molar-refractivity contribution in [2.45, 2.75) is 13.3 Å². The summed E-state index contributed by atoms with van der Waals surface area (Å²) >= 11 is 0. The van der Waals surface area contributed by atoms with Gasteiger partial charge in [-0.15, -0.1) is 0 Å². The number of carbonyl (C=O) groups is 4. The van der Waals surface area contributed by atoms with Crippen molar-refractivity contribution in [1.82, 2.24) is 0 Å². The van der Waals surface area contributed by atoms with Crippen LogP contribution in [0.3, 0.4) is 0 Å². The fourth-order valence-corrected chi connectivity index (χ4v) is 3.15. The molecule has 0 spiro atoms. The summed E-state index contributed by atoms with van der Waals surface area (Å²) < 4.78 is 14.7. The van der Waals surface area contributed by atoms with E-state index in [2.05, 4.69) is 4.74 Å². The van der Waals surface area contributed by atoms with Crippen LogP contribution in [-0.2, 0) is 14.4 Å². The first-order valence-electron chi connectivity index (χ1n) is 11.7. The maximum absolute atomic E-state index is 11.9. The fourth-order valence-electron chi connectivity index (χ4n) is 3.15. The molecule has 0 aliphatic rings. The number of esters is 1. The highest BCUT2D eigenvalue weighted by Crippen LogP contribution is 2.27. The molecule has 10 nitrogen and oxygen atoms in total. The van der Waals surface area contributed by atoms with E-state index in [-0.39, 0.29) is 40.8 Å². The molecule has 3 N–H and O–H groups in total. The lowest BCUT2D eigenvalue weighted by Gasteiger charge is -2.03. The molecule has 0 unspecified atom stereocenters. The normalized spacial score (nSPS) is 10.5. The van der Waals surface area contributed by atoms with Crippen molar-refractivity contribution in [2.24, 2.45) is 0 Å². The first kappa shape index (κ1) is 30.8. The number of ether oxygens (including phenoxy) is 3. The van der Waals surface area contributed by atoms with Gasteiger partial charge in [0.25, 0.3) is 0 Å². The summed E-state index contributed by atoms with van der Waals surface area (Å²) in [6, 6.07) is 15.3. The van der Waals surface area contributed by atoms with E-state index < -0.39 is 11.9 Å². The molecule has 0 saturated carbocycles. The minimum Gasteiger partial charge on any atom is -0.504 e. The molecule has 3 aromatic carbocycles. The molecule has 3 rings (SSSR count). The van der Waals surface area contributed by atoms with Gasteiger partial charge in [0.1, 0.15) is 11.3 Å². The molecule has 0 fully saturated rings. The van der Waals surface area contributed by atoms with Crippen LogP contribution in [0.25, 0.3) is 12.2 Å². The standard InChI is InChI=1S/C21H20O6.C9H8O4/c1-26-20-11-14(5-9-18(20)24)3-7-16(22)13-17(23)8-4-15-6-10-19(25)21(12-15)27-2;1-6(10)13-8-5-3-2-4-7(8)9(11)12/h3-12,24-25H,13H2,1-2H3;2-5H,1H3,(H,11,12)/b7-3+,8-4+;. The van der Waals surface area contributed by atoms with Gasteiger partial charge < -0.3 is 29.5 Å². The average Bonchev–Trinajstić information content (AvgIpc) is 2.92. The smallest absolute Gasteiger partial charge is 0.339 e. The maximum Gasteiger partial charge on any atom is 0.339 e. The van der Waals surface area contributed by atoms with E-state index in [0.717, 1.165) is 0 Å². The van der Waals surface area contributed by atoms with Crippen molar-refractivity contribution in [3.63, 3.8) is 0 Å². The minimum absolute atomic E-state index is 0.00662. The second-order valence-electron chi connectivity index (χ2n) is 8.03. The molecule has 3 aromatic rings. The lowest BCUT2D eigenvalue weighted by Crippen LogP contribution is -2.06. The van der Waals surface area contributed by atoms with Crippen LogP contribution in [0.2, 0.25) is 0 Å².